The highest BCUT2D eigenvalue weighted by atomic mass is 16.5. The van der Waals surface area contributed by atoms with E-state index in [1.807, 2.05) is 6.92 Å². The molecule has 0 heterocycles. The summed E-state index contributed by atoms with van der Waals surface area (Å²) in [6.07, 6.45) is -2.90. The maximum absolute atomic E-state index is 11.3. The summed E-state index contributed by atoms with van der Waals surface area (Å²) in [7, 11) is 1.55. The van der Waals surface area contributed by atoms with Crippen molar-refractivity contribution in [1.82, 2.24) is 0 Å². The van der Waals surface area contributed by atoms with Gasteiger partial charge < -0.3 is 19.7 Å². The number of aliphatic hydroxyl groups excluding tert-OH is 2. The smallest absolute Gasteiger partial charge is 0.338 e. The number of methoxy groups -OCH3 is 1. The maximum Gasteiger partial charge on any atom is 0.338 e. The highest BCUT2D eigenvalue weighted by Gasteiger charge is 2.27. The van der Waals surface area contributed by atoms with Crippen molar-refractivity contribution in [1.29, 1.82) is 0 Å². The molecule has 0 bridgehead atoms. The normalized spacial score (nSPS) is 13.8. The second-order valence-corrected chi connectivity index (χ2v) is 3.87. The summed E-state index contributed by atoms with van der Waals surface area (Å²) in [4.78, 5) is 11.3. The molecule has 0 aliphatic rings. The van der Waals surface area contributed by atoms with Gasteiger partial charge in [0, 0.05) is 0 Å². The molecule has 0 spiro atoms. The van der Waals surface area contributed by atoms with Crippen LogP contribution in [0.1, 0.15) is 24.2 Å². The Labute approximate surface area is 106 Å². The number of hydrogen-bond acceptors (Lipinski definition) is 5. The van der Waals surface area contributed by atoms with Crippen molar-refractivity contribution in [3.8, 4) is 5.75 Å². The zero-order chi connectivity index (χ0) is 13.7. The number of aryl methyl sites for hydroxylation is 1. The van der Waals surface area contributed by atoms with E-state index in [1.54, 1.807) is 32.2 Å². The van der Waals surface area contributed by atoms with Crippen LogP contribution in [0.2, 0.25) is 0 Å². The molecule has 0 saturated carbocycles. The number of esters is 1. The van der Waals surface area contributed by atoms with E-state index in [9.17, 15) is 15.0 Å². The van der Waals surface area contributed by atoms with Crippen LogP contribution in [0.5, 0.6) is 5.75 Å². The van der Waals surface area contributed by atoms with Gasteiger partial charge in [-0.05, 0) is 37.1 Å². The van der Waals surface area contributed by atoms with E-state index in [1.165, 1.54) is 0 Å². The lowest BCUT2D eigenvalue weighted by molar-refractivity contribution is -0.159. The summed E-state index contributed by atoms with van der Waals surface area (Å²) in [6.45, 7) is 3.60. The maximum atomic E-state index is 11.3. The lowest BCUT2D eigenvalue weighted by atomic mass is 10.0. The van der Waals surface area contributed by atoms with Crippen LogP contribution in [0.4, 0.5) is 0 Å². The molecule has 1 aromatic carbocycles. The minimum Gasteiger partial charge on any atom is -0.496 e. The molecule has 0 aromatic heterocycles. The minimum atomic E-state index is -1.59. The monoisotopic (exact) mass is 254 g/mol. The van der Waals surface area contributed by atoms with Crippen molar-refractivity contribution in [3.05, 3.63) is 29.3 Å². The molecule has 1 rings (SSSR count). The van der Waals surface area contributed by atoms with Gasteiger partial charge >= 0.3 is 5.97 Å². The van der Waals surface area contributed by atoms with Gasteiger partial charge in [-0.25, -0.2) is 4.79 Å². The number of carbonyl (C=O) groups is 1. The molecular weight excluding hydrogens is 236 g/mol. The van der Waals surface area contributed by atoms with Gasteiger partial charge in [0.2, 0.25) is 0 Å². The van der Waals surface area contributed by atoms with E-state index in [0.29, 0.717) is 11.3 Å². The fraction of sp³-hybridized carbons (Fsp3) is 0.462. The Hall–Kier alpha value is -1.59. The molecule has 0 radical (unpaired) electrons. The second-order valence-electron chi connectivity index (χ2n) is 3.87. The first kappa shape index (κ1) is 14.5. The van der Waals surface area contributed by atoms with Crippen LogP contribution in [0, 0.1) is 6.92 Å². The lowest BCUT2D eigenvalue weighted by Crippen LogP contribution is -2.29. The van der Waals surface area contributed by atoms with Crippen LogP contribution >= 0.6 is 0 Å². The van der Waals surface area contributed by atoms with Crippen molar-refractivity contribution >= 4 is 5.97 Å². The van der Waals surface area contributed by atoms with E-state index in [-0.39, 0.29) is 6.61 Å². The molecule has 5 nitrogen and oxygen atoms in total. The number of ether oxygens (including phenoxy) is 2. The molecule has 100 valence electrons. The van der Waals surface area contributed by atoms with Crippen LogP contribution in [-0.4, -0.2) is 36.0 Å². The van der Waals surface area contributed by atoms with Gasteiger partial charge in [-0.2, -0.15) is 0 Å². The molecule has 2 unspecified atom stereocenters. The molecular formula is C13H18O5. The highest BCUT2D eigenvalue weighted by Crippen LogP contribution is 2.24. The van der Waals surface area contributed by atoms with Crippen LogP contribution in [-0.2, 0) is 9.53 Å². The van der Waals surface area contributed by atoms with Crippen LogP contribution in [0.15, 0.2) is 18.2 Å². The Bertz CT molecular complexity index is 416. The summed E-state index contributed by atoms with van der Waals surface area (Å²) in [6, 6.07) is 4.93. The zero-order valence-electron chi connectivity index (χ0n) is 10.7. The van der Waals surface area contributed by atoms with Gasteiger partial charge in [-0.15, -0.1) is 0 Å². The largest absolute Gasteiger partial charge is 0.496 e. The number of benzene rings is 1. The van der Waals surface area contributed by atoms with Crippen molar-refractivity contribution in [3.63, 3.8) is 0 Å². The first-order valence-corrected chi connectivity index (χ1v) is 5.68. The van der Waals surface area contributed by atoms with Crippen LogP contribution < -0.4 is 4.74 Å². The van der Waals surface area contributed by atoms with Gasteiger partial charge in [-0.3, -0.25) is 0 Å². The Morgan fingerprint density at radius 1 is 1.39 bits per heavy atom. The Kier molecular flexibility index (Phi) is 5.12. The van der Waals surface area contributed by atoms with Gasteiger partial charge in [0.25, 0.3) is 0 Å². The summed E-state index contributed by atoms with van der Waals surface area (Å²) in [5.74, 6) is -0.157. The third-order valence-electron chi connectivity index (χ3n) is 2.59. The van der Waals surface area contributed by atoms with Gasteiger partial charge in [0.05, 0.1) is 13.7 Å². The van der Waals surface area contributed by atoms with E-state index in [2.05, 4.69) is 4.74 Å². The quantitative estimate of drug-likeness (QED) is 0.765. The topological polar surface area (TPSA) is 76.0 Å². The van der Waals surface area contributed by atoms with Crippen molar-refractivity contribution in [2.45, 2.75) is 26.1 Å². The molecule has 1 aromatic rings. The molecule has 0 amide bonds. The van der Waals surface area contributed by atoms with E-state index in [4.69, 9.17) is 4.74 Å². The molecule has 5 heteroatoms. The number of aliphatic hydroxyl groups is 2. The molecule has 2 N–H and O–H groups in total. The first-order chi connectivity index (χ1) is 8.51. The van der Waals surface area contributed by atoms with E-state index >= 15 is 0 Å². The first-order valence-electron chi connectivity index (χ1n) is 5.68. The molecule has 0 aliphatic carbocycles. The fourth-order valence-electron chi connectivity index (χ4n) is 1.62. The summed E-state index contributed by atoms with van der Waals surface area (Å²) in [5, 5.41) is 19.5. The third kappa shape index (κ3) is 3.21. The summed E-state index contributed by atoms with van der Waals surface area (Å²) < 4.78 is 9.74. The Morgan fingerprint density at radius 2 is 2.06 bits per heavy atom. The number of rotatable bonds is 5. The Morgan fingerprint density at radius 3 is 2.56 bits per heavy atom. The summed E-state index contributed by atoms with van der Waals surface area (Å²) in [5.41, 5.74) is 1.25. The van der Waals surface area contributed by atoms with Crippen LogP contribution in [0.25, 0.3) is 0 Å². The van der Waals surface area contributed by atoms with E-state index < -0.39 is 18.2 Å². The average Bonchev–Trinajstić information content (AvgIpc) is 2.37. The fourth-order valence-corrected chi connectivity index (χ4v) is 1.62. The number of carbonyl (C=O) groups excluding carboxylic acids is 1. The van der Waals surface area contributed by atoms with Crippen molar-refractivity contribution < 1.29 is 24.5 Å². The molecule has 0 aliphatic heterocycles. The predicted molar refractivity (Wildman–Crippen MR) is 65.3 cm³/mol. The summed E-state index contributed by atoms with van der Waals surface area (Å²) >= 11 is 0. The highest BCUT2D eigenvalue weighted by molar-refractivity contribution is 5.75. The van der Waals surface area contributed by atoms with Gasteiger partial charge in [0.1, 0.15) is 11.9 Å². The minimum absolute atomic E-state index is 0.157. The van der Waals surface area contributed by atoms with E-state index in [0.717, 1.165) is 5.56 Å². The SMILES string of the molecule is CCOC(=O)C(O)C(O)c1ccc(OC)c(C)c1. The zero-order valence-corrected chi connectivity index (χ0v) is 10.7. The average molecular weight is 254 g/mol. The van der Waals surface area contributed by atoms with Crippen molar-refractivity contribution in [2.75, 3.05) is 13.7 Å². The number of hydrogen-bond donors (Lipinski definition) is 2. The van der Waals surface area contributed by atoms with Crippen LogP contribution in [0.3, 0.4) is 0 Å². The Balaban J connectivity index is 2.86. The molecule has 0 saturated heterocycles. The standard InChI is InChI=1S/C13H18O5/c1-4-18-13(16)12(15)11(14)9-5-6-10(17-3)8(2)7-9/h5-7,11-12,14-15H,4H2,1-3H3. The molecule has 18 heavy (non-hydrogen) atoms. The van der Waals surface area contributed by atoms with Gasteiger partial charge in [-0.1, -0.05) is 6.07 Å². The molecule has 2 atom stereocenters. The predicted octanol–water partition coefficient (Wildman–Crippen LogP) is 0.961. The second kappa shape index (κ2) is 6.37. The third-order valence-corrected chi connectivity index (χ3v) is 2.59. The van der Waals surface area contributed by atoms with Gasteiger partial charge in [0.15, 0.2) is 6.10 Å². The lowest BCUT2D eigenvalue weighted by Gasteiger charge is -2.17. The molecule has 0 fully saturated rings. The van der Waals surface area contributed by atoms with Crippen molar-refractivity contribution in [2.24, 2.45) is 0 Å².